The molecule has 2 rings (SSSR count). The van der Waals surface area contributed by atoms with Gasteiger partial charge in [-0.3, -0.25) is 9.59 Å². The number of amides is 2. The second-order valence-corrected chi connectivity index (χ2v) is 6.17. The highest BCUT2D eigenvalue weighted by Gasteiger charge is 2.30. The highest BCUT2D eigenvalue weighted by Crippen LogP contribution is 2.25. The van der Waals surface area contributed by atoms with E-state index in [0.29, 0.717) is 17.3 Å². The first kappa shape index (κ1) is 17.3. The zero-order valence-electron chi connectivity index (χ0n) is 13.3. The van der Waals surface area contributed by atoms with Crippen LogP contribution in [0.15, 0.2) is 24.3 Å². The van der Waals surface area contributed by atoms with Crippen LogP contribution >= 0.6 is 11.6 Å². The van der Waals surface area contributed by atoms with Crippen LogP contribution in [-0.2, 0) is 9.59 Å². The Kier molecular flexibility index (Phi) is 5.66. The highest BCUT2D eigenvalue weighted by molar-refractivity contribution is 6.30. The molecule has 1 aromatic rings. The molecule has 0 aromatic heterocycles. The molecule has 1 aliphatic heterocycles. The second-order valence-electron chi connectivity index (χ2n) is 5.74. The number of methoxy groups -OCH3 is 1. The topological polar surface area (TPSA) is 72.6 Å². The van der Waals surface area contributed by atoms with Crippen LogP contribution in [0.5, 0.6) is 5.75 Å². The van der Waals surface area contributed by atoms with Crippen LogP contribution in [0.2, 0.25) is 5.02 Å². The molecule has 2 amide bonds. The maximum atomic E-state index is 12.4. The van der Waals surface area contributed by atoms with Gasteiger partial charge in [-0.1, -0.05) is 11.6 Å². The lowest BCUT2D eigenvalue weighted by Crippen LogP contribution is -2.48. The Bertz CT molecular complexity index is 630. The number of piperidine rings is 1. The molecule has 23 heavy (non-hydrogen) atoms. The van der Waals surface area contributed by atoms with Crippen molar-refractivity contribution in [2.75, 3.05) is 13.7 Å². The molecule has 0 aliphatic carbocycles. The van der Waals surface area contributed by atoms with Gasteiger partial charge in [-0.15, -0.1) is 0 Å². The summed E-state index contributed by atoms with van der Waals surface area (Å²) in [5.41, 5.74) is 6.09. The molecule has 1 heterocycles. The van der Waals surface area contributed by atoms with E-state index in [1.54, 1.807) is 36.3 Å². The number of ether oxygens (including phenoxy) is 1. The molecule has 0 spiro atoms. The van der Waals surface area contributed by atoms with E-state index in [9.17, 15) is 9.59 Å². The number of carbonyl (C=O) groups excluding carboxylic acids is 2. The van der Waals surface area contributed by atoms with Gasteiger partial charge in [0.25, 0.3) is 0 Å². The van der Waals surface area contributed by atoms with Crippen LogP contribution in [0.3, 0.4) is 0 Å². The monoisotopic (exact) mass is 336 g/mol. The molecule has 5 nitrogen and oxygen atoms in total. The SMILES string of the molecule is COc1ccc(Cl)cc1C=CC(=O)N1CC(C(N)=O)CCC1C. The molecule has 1 fully saturated rings. The van der Waals surface area contributed by atoms with Crippen LogP contribution in [0, 0.1) is 5.92 Å². The zero-order chi connectivity index (χ0) is 17.0. The van der Waals surface area contributed by atoms with Crippen molar-refractivity contribution < 1.29 is 14.3 Å². The molecule has 0 saturated carbocycles. The fraction of sp³-hybridized carbons (Fsp3) is 0.412. The van der Waals surface area contributed by atoms with E-state index in [0.717, 1.165) is 18.4 Å². The van der Waals surface area contributed by atoms with E-state index in [1.807, 2.05) is 6.92 Å². The van der Waals surface area contributed by atoms with E-state index in [4.69, 9.17) is 22.1 Å². The lowest BCUT2D eigenvalue weighted by molar-refractivity contribution is -0.133. The quantitative estimate of drug-likeness (QED) is 0.858. The Morgan fingerprint density at radius 3 is 2.78 bits per heavy atom. The average Bonchev–Trinajstić information content (AvgIpc) is 2.53. The largest absolute Gasteiger partial charge is 0.496 e. The van der Waals surface area contributed by atoms with Gasteiger partial charge in [-0.2, -0.15) is 0 Å². The molecule has 2 atom stereocenters. The minimum absolute atomic E-state index is 0.0870. The Labute approximate surface area is 141 Å². The number of primary amides is 1. The number of nitrogens with two attached hydrogens (primary N) is 1. The van der Waals surface area contributed by atoms with Crippen molar-refractivity contribution in [3.8, 4) is 5.75 Å². The molecule has 1 saturated heterocycles. The minimum Gasteiger partial charge on any atom is -0.496 e. The molecule has 6 heteroatoms. The van der Waals surface area contributed by atoms with Crippen LogP contribution in [0.25, 0.3) is 6.08 Å². The number of halogens is 1. The van der Waals surface area contributed by atoms with Crippen molar-refractivity contribution >= 4 is 29.5 Å². The summed E-state index contributed by atoms with van der Waals surface area (Å²) < 4.78 is 5.25. The van der Waals surface area contributed by atoms with Gasteiger partial charge in [0.15, 0.2) is 0 Å². The number of nitrogens with zero attached hydrogens (tertiary/aromatic N) is 1. The van der Waals surface area contributed by atoms with E-state index in [-0.39, 0.29) is 23.8 Å². The summed E-state index contributed by atoms with van der Waals surface area (Å²) in [6, 6.07) is 5.29. The second kappa shape index (κ2) is 7.51. The highest BCUT2D eigenvalue weighted by atomic mass is 35.5. The van der Waals surface area contributed by atoms with Gasteiger partial charge in [0.05, 0.1) is 13.0 Å². The molecule has 0 radical (unpaired) electrons. The summed E-state index contributed by atoms with van der Waals surface area (Å²) in [7, 11) is 1.56. The van der Waals surface area contributed by atoms with Crippen LogP contribution in [-0.4, -0.2) is 36.4 Å². The van der Waals surface area contributed by atoms with Crippen LogP contribution < -0.4 is 10.5 Å². The molecule has 1 aliphatic rings. The molecule has 2 N–H and O–H groups in total. The Morgan fingerprint density at radius 1 is 1.39 bits per heavy atom. The standard InChI is InChI=1S/C17H21ClN2O3/c1-11-3-4-13(17(19)22)10-20(11)16(21)8-5-12-9-14(18)6-7-15(12)23-2/h5-9,11,13H,3-4,10H2,1-2H3,(H2,19,22). The van der Waals surface area contributed by atoms with E-state index in [2.05, 4.69) is 0 Å². The number of likely N-dealkylation sites (tertiary alicyclic amines) is 1. The Balaban J connectivity index is 2.14. The van der Waals surface area contributed by atoms with Gasteiger partial charge in [0.1, 0.15) is 5.75 Å². The number of hydrogen-bond acceptors (Lipinski definition) is 3. The normalized spacial score (nSPS) is 21.4. The summed E-state index contributed by atoms with van der Waals surface area (Å²) in [6.07, 6.45) is 4.65. The first-order chi connectivity index (χ1) is 10.9. The van der Waals surface area contributed by atoms with Crippen molar-refractivity contribution in [3.63, 3.8) is 0 Å². The summed E-state index contributed by atoms with van der Waals surface area (Å²) in [5.74, 6) is -0.134. The van der Waals surface area contributed by atoms with Crippen molar-refractivity contribution in [1.29, 1.82) is 0 Å². The molecular weight excluding hydrogens is 316 g/mol. The number of rotatable bonds is 4. The van der Waals surface area contributed by atoms with Gasteiger partial charge in [0, 0.05) is 29.2 Å². The van der Waals surface area contributed by atoms with Crippen LogP contribution in [0.4, 0.5) is 0 Å². The summed E-state index contributed by atoms with van der Waals surface area (Å²) in [6.45, 7) is 2.34. The smallest absolute Gasteiger partial charge is 0.246 e. The van der Waals surface area contributed by atoms with Crippen molar-refractivity contribution in [3.05, 3.63) is 34.9 Å². The summed E-state index contributed by atoms with van der Waals surface area (Å²) in [4.78, 5) is 25.5. The van der Waals surface area contributed by atoms with Gasteiger partial charge in [-0.25, -0.2) is 0 Å². The Morgan fingerprint density at radius 2 is 2.13 bits per heavy atom. The lowest BCUT2D eigenvalue weighted by atomic mass is 9.93. The maximum Gasteiger partial charge on any atom is 0.246 e. The fourth-order valence-corrected chi connectivity index (χ4v) is 2.92. The number of benzene rings is 1. The lowest BCUT2D eigenvalue weighted by Gasteiger charge is -2.36. The average molecular weight is 337 g/mol. The predicted molar refractivity (Wildman–Crippen MR) is 90.1 cm³/mol. The molecule has 124 valence electrons. The van der Waals surface area contributed by atoms with Gasteiger partial charge in [-0.05, 0) is 44.0 Å². The van der Waals surface area contributed by atoms with E-state index < -0.39 is 0 Å². The van der Waals surface area contributed by atoms with Gasteiger partial charge < -0.3 is 15.4 Å². The van der Waals surface area contributed by atoms with E-state index in [1.165, 1.54) is 6.08 Å². The zero-order valence-corrected chi connectivity index (χ0v) is 14.0. The van der Waals surface area contributed by atoms with Crippen molar-refractivity contribution in [1.82, 2.24) is 4.90 Å². The molecule has 1 aromatic carbocycles. The van der Waals surface area contributed by atoms with Crippen LogP contribution in [0.1, 0.15) is 25.3 Å². The number of hydrogen-bond donors (Lipinski definition) is 1. The first-order valence-corrected chi connectivity index (χ1v) is 7.91. The number of carbonyl (C=O) groups is 2. The Hall–Kier alpha value is -2.01. The predicted octanol–water partition coefficient (Wildman–Crippen LogP) is 2.47. The maximum absolute atomic E-state index is 12.4. The van der Waals surface area contributed by atoms with Gasteiger partial charge >= 0.3 is 0 Å². The summed E-state index contributed by atoms with van der Waals surface area (Å²) >= 11 is 5.98. The third kappa shape index (κ3) is 4.26. The molecule has 2 unspecified atom stereocenters. The van der Waals surface area contributed by atoms with E-state index >= 15 is 0 Å². The van der Waals surface area contributed by atoms with Crippen molar-refractivity contribution in [2.45, 2.75) is 25.8 Å². The third-order valence-corrected chi connectivity index (χ3v) is 4.40. The summed E-state index contributed by atoms with van der Waals surface area (Å²) in [5, 5.41) is 0.568. The molecule has 0 bridgehead atoms. The third-order valence-electron chi connectivity index (χ3n) is 4.16. The van der Waals surface area contributed by atoms with Crippen molar-refractivity contribution in [2.24, 2.45) is 11.7 Å². The first-order valence-electron chi connectivity index (χ1n) is 7.54. The fourth-order valence-electron chi connectivity index (χ4n) is 2.74. The molecular formula is C17H21ClN2O3. The van der Waals surface area contributed by atoms with Gasteiger partial charge in [0.2, 0.25) is 11.8 Å². The minimum atomic E-state index is -0.352.